The third-order valence-corrected chi connectivity index (χ3v) is 3.42. The Hall–Kier alpha value is -1.33. The van der Waals surface area contributed by atoms with E-state index < -0.39 is 17.1 Å². The van der Waals surface area contributed by atoms with Crippen LogP contribution in [0.4, 0.5) is 0 Å². The first-order chi connectivity index (χ1) is 7.58. The van der Waals surface area contributed by atoms with Gasteiger partial charge in [0.2, 0.25) is 0 Å². The number of halogens is 1. The second-order valence-corrected chi connectivity index (χ2v) is 4.63. The smallest absolute Gasteiger partial charge is 0.326 e. The van der Waals surface area contributed by atoms with Crippen LogP contribution in [0.1, 0.15) is 5.56 Å². The predicted molar refractivity (Wildman–Crippen MR) is 62.0 cm³/mol. The summed E-state index contributed by atoms with van der Waals surface area (Å²) in [6.45, 7) is 0. The Morgan fingerprint density at radius 3 is 2.50 bits per heavy atom. The highest BCUT2D eigenvalue weighted by Crippen LogP contribution is 2.27. The van der Waals surface area contributed by atoms with Gasteiger partial charge in [-0.2, -0.15) is 0 Å². The Kier molecular flexibility index (Phi) is 2.98. The lowest BCUT2D eigenvalue weighted by atomic mass is 10.2. The minimum absolute atomic E-state index is 0.425. The van der Waals surface area contributed by atoms with E-state index in [1.807, 2.05) is 0 Å². The van der Waals surface area contributed by atoms with E-state index >= 15 is 0 Å². The number of nitrogens with zero attached hydrogens (tertiary/aromatic N) is 1. The van der Waals surface area contributed by atoms with Crippen molar-refractivity contribution in [3.63, 3.8) is 0 Å². The van der Waals surface area contributed by atoms with E-state index in [1.165, 1.54) is 0 Å². The summed E-state index contributed by atoms with van der Waals surface area (Å²) in [7, 11) is 0. The predicted octanol–water partition coefficient (Wildman–Crippen LogP) is 1.81. The molecule has 1 atom stereocenters. The van der Waals surface area contributed by atoms with Gasteiger partial charge < -0.3 is 5.11 Å². The van der Waals surface area contributed by atoms with Gasteiger partial charge in [0.05, 0.1) is 0 Å². The zero-order valence-corrected chi connectivity index (χ0v) is 9.46. The van der Waals surface area contributed by atoms with Crippen LogP contribution in [0.3, 0.4) is 0 Å². The minimum Gasteiger partial charge on any atom is -0.480 e. The highest BCUT2D eigenvalue weighted by molar-refractivity contribution is 8.16. The molecule has 0 saturated heterocycles. The van der Waals surface area contributed by atoms with Crippen LogP contribution in [-0.2, 0) is 9.59 Å². The van der Waals surface area contributed by atoms with Crippen LogP contribution in [-0.4, -0.2) is 27.3 Å². The molecule has 0 fully saturated rings. The van der Waals surface area contributed by atoms with Gasteiger partial charge in [0.15, 0.2) is 5.25 Å². The number of carbonyl (C=O) groups excluding carboxylic acids is 1. The zero-order valence-electron chi connectivity index (χ0n) is 7.88. The molecule has 16 heavy (non-hydrogen) atoms. The average Bonchev–Trinajstić information content (AvgIpc) is 2.61. The van der Waals surface area contributed by atoms with Crippen LogP contribution in [0.5, 0.6) is 0 Å². The summed E-state index contributed by atoms with van der Waals surface area (Å²) in [6, 6.07) is 6.73. The highest BCUT2D eigenvalue weighted by atomic mass is 35.5. The molecule has 1 aliphatic rings. The molecular formula is C10H6ClNO3S. The number of carbonyl (C=O) groups is 2. The number of hydrogen-bond donors (Lipinski definition) is 1. The zero-order chi connectivity index (χ0) is 11.7. The second-order valence-electron chi connectivity index (χ2n) is 3.10. The van der Waals surface area contributed by atoms with Gasteiger partial charge in [0.25, 0.3) is 5.91 Å². The molecule has 1 unspecified atom stereocenters. The molecule has 2 rings (SSSR count). The molecule has 0 radical (unpaired) electrons. The summed E-state index contributed by atoms with van der Waals surface area (Å²) in [5, 5.41) is 8.64. The van der Waals surface area contributed by atoms with E-state index in [-0.39, 0.29) is 0 Å². The molecule has 1 aromatic carbocycles. The van der Waals surface area contributed by atoms with Gasteiger partial charge in [-0.3, -0.25) is 9.59 Å². The third kappa shape index (κ3) is 2.10. The molecule has 0 aromatic heterocycles. The fourth-order valence-electron chi connectivity index (χ4n) is 1.23. The third-order valence-electron chi connectivity index (χ3n) is 1.98. The molecule has 82 valence electrons. The van der Waals surface area contributed by atoms with Crippen molar-refractivity contribution in [2.45, 2.75) is 5.25 Å². The van der Waals surface area contributed by atoms with Gasteiger partial charge in [0, 0.05) is 10.6 Å². The largest absolute Gasteiger partial charge is 0.480 e. The van der Waals surface area contributed by atoms with Crippen molar-refractivity contribution in [3.8, 4) is 0 Å². The van der Waals surface area contributed by atoms with Crippen LogP contribution < -0.4 is 0 Å². The van der Waals surface area contributed by atoms with E-state index in [4.69, 9.17) is 16.7 Å². The molecule has 0 saturated carbocycles. The van der Waals surface area contributed by atoms with Gasteiger partial charge >= 0.3 is 5.97 Å². The summed E-state index contributed by atoms with van der Waals surface area (Å²) >= 11 is 6.66. The van der Waals surface area contributed by atoms with Crippen LogP contribution in [0, 0.1) is 0 Å². The van der Waals surface area contributed by atoms with Crippen molar-refractivity contribution in [1.82, 2.24) is 0 Å². The first-order valence-electron chi connectivity index (χ1n) is 4.36. The Morgan fingerprint density at radius 2 is 2.00 bits per heavy atom. The number of carboxylic acids is 1. The number of benzene rings is 1. The minimum atomic E-state index is -1.16. The molecule has 6 heteroatoms. The van der Waals surface area contributed by atoms with Crippen molar-refractivity contribution in [2.24, 2.45) is 4.99 Å². The maximum absolute atomic E-state index is 11.3. The van der Waals surface area contributed by atoms with Crippen LogP contribution in [0.15, 0.2) is 29.3 Å². The van der Waals surface area contributed by atoms with Gasteiger partial charge in [-0.25, -0.2) is 4.99 Å². The molecule has 1 N–H and O–H groups in total. The summed E-state index contributed by atoms with van der Waals surface area (Å²) in [5.74, 6) is -1.79. The lowest BCUT2D eigenvalue weighted by Gasteiger charge is -2.01. The summed E-state index contributed by atoms with van der Waals surface area (Å²) in [5.41, 5.74) is 0.700. The Morgan fingerprint density at radius 1 is 1.38 bits per heavy atom. The number of hydrogen-bond acceptors (Lipinski definition) is 3. The molecule has 4 nitrogen and oxygen atoms in total. The second kappa shape index (κ2) is 4.27. The summed E-state index contributed by atoms with van der Waals surface area (Å²) in [4.78, 5) is 25.7. The molecule has 1 aromatic rings. The monoisotopic (exact) mass is 255 g/mol. The van der Waals surface area contributed by atoms with Crippen molar-refractivity contribution in [3.05, 3.63) is 34.9 Å². The fraction of sp³-hybridized carbons (Fsp3) is 0.100. The number of aliphatic carboxylic acids is 1. The molecule has 0 spiro atoms. The maximum Gasteiger partial charge on any atom is 0.326 e. The average molecular weight is 256 g/mol. The van der Waals surface area contributed by atoms with E-state index in [9.17, 15) is 9.59 Å². The molecule has 1 aliphatic heterocycles. The topological polar surface area (TPSA) is 66.7 Å². The van der Waals surface area contributed by atoms with Gasteiger partial charge in [-0.15, -0.1) is 0 Å². The fourth-order valence-corrected chi connectivity index (χ4v) is 2.25. The van der Waals surface area contributed by atoms with Crippen molar-refractivity contribution < 1.29 is 14.7 Å². The molecule has 0 aliphatic carbocycles. The number of amides is 1. The Balaban J connectivity index is 2.25. The maximum atomic E-state index is 11.3. The number of carboxylic acid groups (broad SMARTS) is 1. The number of thioether (sulfide) groups is 1. The summed E-state index contributed by atoms with van der Waals surface area (Å²) in [6.07, 6.45) is 0. The lowest BCUT2D eigenvalue weighted by molar-refractivity contribution is -0.139. The van der Waals surface area contributed by atoms with Crippen LogP contribution >= 0.6 is 23.4 Å². The van der Waals surface area contributed by atoms with E-state index in [1.54, 1.807) is 24.3 Å². The van der Waals surface area contributed by atoms with Crippen molar-refractivity contribution in [2.75, 3.05) is 0 Å². The Bertz CT molecular complexity index is 483. The normalized spacial score (nSPS) is 19.7. The SMILES string of the molecule is O=C(O)C1SC(c2ccc(Cl)cc2)=NC1=O. The Labute approximate surface area is 100 Å². The number of aliphatic imine (C=N–C) groups is 1. The quantitative estimate of drug-likeness (QED) is 0.819. The van der Waals surface area contributed by atoms with Gasteiger partial charge in [0.1, 0.15) is 5.04 Å². The van der Waals surface area contributed by atoms with E-state index in [2.05, 4.69) is 4.99 Å². The lowest BCUT2D eigenvalue weighted by Crippen LogP contribution is -2.21. The van der Waals surface area contributed by atoms with Crippen LogP contribution in [0.2, 0.25) is 5.02 Å². The molecule has 0 bridgehead atoms. The molecular weight excluding hydrogens is 250 g/mol. The molecule has 1 heterocycles. The standard InChI is InChI=1S/C10H6ClNO3S/c11-6-3-1-5(2-4-6)9-12-8(13)7(16-9)10(14)15/h1-4,7H,(H,14,15). The summed E-state index contributed by atoms with van der Waals surface area (Å²) < 4.78 is 0. The number of rotatable bonds is 2. The van der Waals surface area contributed by atoms with Gasteiger partial charge in [-0.1, -0.05) is 35.5 Å². The van der Waals surface area contributed by atoms with Crippen molar-refractivity contribution >= 4 is 40.3 Å². The first-order valence-corrected chi connectivity index (χ1v) is 5.61. The van der Waals surface area contributed by atoms with Crippen LogP contribution in [0.25, 0.3) is 0 Å². The van der Waals surface area contributed by atoms with Gasteiger partial charge in [-0.05, 0) is 12.1 Å². The molecule has 1 amide bonds. The highest BCUT2D eigenvalue weighted by Gasteiger charge is 2.34. The van der Waals surface area contributed by atoms with E-state index in [0.717, 1.165) is 11.8 Å². The van der Waals surface area contributed by atoms with Crippen molar-refractivity contribution in [1.29, 1.82) is 0 Å². The first kappa shape index (κ1) is 11.2. The van der Waals surface area contributed by atoms with E-state index in [0.29, 0.717) is 15.6 Å².